The number of aryl methyl sites for hydroxylation is 1. The number of piperazine rings is 1. The molecule has 0 radical (unpaired) electrons. The van der Waals surface area contributed by atoms with Crippen LogP contribution in [0, 0.1) is 18.7 Å². The lowest BCUT2D eigenvalue weighted by Crippen LogP contribution is -2.54. The number of amides is 5. The second kappa shape index (κ2) is 17.2. The van der Waals surface area contributed by atoms with E-state index in [-0.39, 0.29) is 42.2 Å². The van der Waals surface area contributed by atoms with Crippen molar-refractivity contribution >= 4 is 40.9 Å². The minimum atomic E-state index is -1.05. The Morgan fingerprint density at radius 2 is 1.58 bits per heavy atom. The quantitative estimate of drug-likeness (QED) is 0.278. The highest BCUT2D eigenvalue weighted by atomic mass is 19.1. The van der Waals surface area contributed by atoms with Crippen molar-refractivity contribution in [3.8, 4) is 0 Å². The fourth-order valence-corrected chi connectivity index (χ4v) is 9.73. The lowest BCUT2D eigenvalue weighted by atomic mass is 9.93. The number of fused-ring (bicyclic) bond motifs is 1. The number of likely N-dealkylation sites (N-methyl/N-ethyl adjacent to an activating group) is 1. The number of nitrogens with one attached hydrogen (secondary N) is 2. The van der Waals surface area contributed by atoms with Crippen LogP contribution >= 0.6 is 0 Å². The summed E-state index contributed by atoms with van der Waals surface area (Å²) in [6.45, 7) is 10.6. The normalized spacial score (nSPS) is 23.3. The standard InChI is InChI=1S/C45H55FN8O5/c1-29-6-4-8-36(46)34(29)26-51-27-35(39(28-51)49(2)3)31-10-12-32(13-11-31)52-22-20-50(21-23-52)25-30-16-18-53(19-17-30)41(56)24-47-37-9-5-7-33-42(37)45(59)54(44(33)58)38-14-15-40(55)48-43(38)57/h4-13,30,35,38-39,47H,14-28H2,1-3H3,(H,48,55,57)/t35-,38?,39+/m1/s1. The van der Waals surface area contributed by atoms with Gasteiger partial charge in [0.05, 0.1) is 17.7 Å². The Kier molecular flexibility index (Phi) is 11.8. The summed E-state index contributed by atoms with van der Waals surface area (Å²) in [5, 5.41) is 5.31. The number of benzene rings is 3. The molecule has 5 aliphatic heterocycles. The van der Waals surface area contributed by atoms with Gasteiger partial charge in [0.15, 0.2) is 0 Å². The Bertz CT molecular complexity index is 2080. The highest BCUT2D eigenvalue weighted by Crippen LogP contribution is 2.35. The topological polar surface area (TPSA) is 129 Å². The molecule has 0 aliphatic carbocycles. The number of carbonyl (C=O) groups excluding carboxylic acids is 5. The summed E-state index contributed by atoms with van der Waals surface area (Å²) in [6, 6.07) is 18.6. The summed E-state index contributed by atoms with van der Waals surface area (Å²) >= 11 is 0. The fourth-order valence-electron chi connectivity index (χ4n) is 9.73. The lowest BCUT2D eigenvalue weighted by molar-refractivity contribution is -0.136. The van der Waals surface area contributed by atoms with Crippen molar-refractivity contribution < 1.29 is 28.4 Å². The van der Waals surface area contributed by atoms with Gasteiger partial charge in [0, 0.05) is 101 Å². The molecule has 5 amide bonds. The average molecular weight is 807 g/mol. The second-order valence-corrected chi connectivity index (χ2v) is 17.1. The molecule has 4 fully saturated rings. The van der Waals surface area contributed by atoms with Gasteiger partial charge in [-0.2, -0.15) is 0 Å². The van der Waals surface area contributed by atoms with Crippen molar-refractivity contribution in [3.63, 3.8) is 0 Å². The summed E-state index contributed by atoms with van der Waals surface area (Å²) < 4.78 is 14.7. The van der Waals surface area contributed by atoms with Gasteiger partial charge in [0.2, 0.25) is 17.7 Å². The van der Waals surface area contributed by atoms with Crippen molar-refractivity contribution in [1.82, 2.24) is 29.8 Å². The lowest BCUT2D eigenvalue weighted by Gasteiger charge is -2.39. The summed E-state index contributed by atoms with van der Waals surface area (Å²) in [5.74, 6) is -1.60. The molecule has 4 saturated heterocycles. The van der Waals surface area contributed by atoms with Crippen LogP contribution in [0.2, 0.25) is 0 Å². The van der Waals surface area contributed by atoms with E-state index in [1.165, 1.54) is 11.3 Å². The van der Waals surface area contributed by atoms with E-state index in [0.717, 1.165) is 74.7 Å². The second-order valence-electron chi connectivity index (χ2n) is 17.1. The summed E-state index contributed by atoms with van der Waals surface area (Å²) in [4.78, 5) is 76.5. The molecule has 59 heavy (non-hydrogen) atoms. The van der Waals surface area contributed by atoms with E-state index in [9.17, 15) is 28.4 Å². The van der Waals surface area contributed by atoms with Gasteiger partial charge in [-0.15, -0.1) is 0 Å². The number of likely N-dealkylation sites (tertiary alicyclic amines) is 2. The first-order valence-corrected chi connectivity index (χ1v) is 21.0. The molecule has 5 heterocycles. The zero-order valence-corrected chi connectivity index (χ0v) is 34.3. The van der Waals surface area contributed by atoms with E-state index >= 15 is 0 Å². The third-order valence-electron chi connectivity index (χ3n) is 13.2. The van der Waals surface area contributed by atoms with E-state index in [0.29, 0.717) is 43.2 Å². The Balaban J connectivity index is 0.780. The predicted octanol–water partition coefficient (Wildman–Crippen LogP) is 3.54. The Hall–Kier alpha value is -5.18. The van der Waals surface area contributed by atoms with Crippen LogP contribution in [0.4, 0.5) is 15.8 Å². The monoisotopic (exact) mass is 806 g/mol. The van der Waals surface area contributed by atoms with Gasteiger partial charge in [-0.25, -0.2) is 4.39 Å². The Labute approximate surface area is 345 Å². The molecule has 3 atom stereocenters. The van der Waals surface area contributed by atoms with E-state index in [1.54, 1.807) is 30.3 Å². The van der Waals surface area contributed by atoms with Crippen molar-refractivity contribution in [3.05, 3.63) is 94.3 Å². The van der Waals surface area contributed by atoms with Crippen LogP contribution in [0.5, 0.6) is 0 Å². The molecule has 3 aromatic carbocycles. The van der Waals surface area contributed by atoms with Crippen LogP contribution < -0.4 is 15.5 Å². The number of imide groups is 2. The first-order chi connectivity index (χ1) is 28.4. The van der Waals surface area contributed by atoms with E-state index in [2.05, 4.69) is 68.6 Å². The molecule has 1 unspecified atom stereocenters. The van der Waals surface area contributed by atoms with Gasteiger partial charge < -0.3 is 20.0 Å². The zero-order chi connectivity index (χ0) is 41.4. The minimum absolute atomic E-state index is 0.0194. The SMILES string of the molecule is Cc1cccc(F)c1CN1C[C@H](c2ccc(N3CCN(CC4CCN(C(=O)CNc5cccc6c5C(=O)N(C5CCC(=O)NC5=O)C6=O)CC4)CC3)cc2)[C@@H](N(C)C)C1. The largest absolute Gasteiger partial charge is 0.375 e. The minimum Gasteiger partial charge on any atom is -0.375 e. The van der Waals surface area contributed by atoms with Crippen LogP contribution in [-0.4, -0.2) is 146 Å². The van der Waals surface area contributed by atoms with E-state index in [4.69, 9.17) is 0 Å². The van der Waals surface area contributed by atoms with Crippen LogP contribution in [-0.2, 0) is 20.9 Å². The van der Waals surface area contributed by atoms with Crippen molar-refractivity contribution in [2.45, 2.75) is 57.2 Å². The number of rotatable bonds is 11. The first kappa shape index (κ1) is 40.6. The highest BCUT2D eigenvalue weighted by molar-refractivity contribution is 6.25. The highest BCUT2D eigenvalue weighted by Gasteiger charge is 2.46. The number of nitrogens with zero attached hydrogens (tertiary/aromatic N) is 6. The third kappa shape index (κ3) is 8.48. The Morgan fingerprint density at radius 1 is 0.847 bits per heavy atom. The van der Waals surface area contributed by atoms with Crippen LogP contribution in [0.1, 0.15) is 69.0 Å². The van der Waals surface area contributed by atoms with E-state index in [1.807, 2.05) is 17.9 Å². The first-order valence-electron chi connectivity index (χ1n) is 21.0. The molecule has 0 bridgehead atoms. The molecule has 14 heteroatoms. The average Bonchev–Trinajstić information content (AvgIpc) is 3.77. The van der Waals surface area contributed by atoms with Gasteiger partial charge >= 0.3 is 0 Å². The molecular weight excluding hydrogens is 752 g/mol. The number of carbonyl (C=O) groups is 5. The van der Waals surface area contributed by atoms with Crippen molar-refractivity contribution in [2.24, 2.45) is 5.92 Å². The van der Waals surface area contributed by atoms with Crippen LogP contribution in [0.3, 0.4) is 0 Å². The molecule has 3 aromatic rings. The molecule has 13 nitrogen and oxygen atoms in total. The van der Waals surface area contributed by atoms with E-state index < -0.39 is 29.7 Å². The van der Waals surface area contributed by atoms with Crippen LogP contribution in [0.15, 0.2) is 60.7 Å². The molecular formula is C45H55FN8O5. The van der Waals surface area contributed by atoms with Gasteiger partial charge in [0.1, 0.15) is 11.9 Å². The zero-order valence-electron chi connectivity index (χ0n) is 34.3. The smallest absolute Gasteiger partial charge is 0.264 e. The predicted molar refractivity (Wildman–Crippen MR) is 223 cm³/mol. The Morgan fingerprint density at radius 3 is 2.27 bits per heavy atom. The molecule has 312 valence electrons. The number of piperidine rings is 2. The third-order valence-corrected chi connectivity index (χ3v) is 13.2. The molecule has 0 saturated carbocycles. The number of hydrogen-bond donors (Lipinski definition) is 2. The maximum absolute atomic E-state index is 14.7. The molecule has 0 spiro atoms. The molecule has 5 aliphatic rings. The van der Waals surface area contributed by atoms with Crippen LogP contribution in [0.25, 0.3) is 0 Å². The number of anilines is 2. The fraction of sp³-hybridized carbons (Fsp3) is 0.489. The van der Waals surface area contributed by atoms with Crippen molar-refractivity contribution in [1.29, 1.82) is 0 Å². The number of hydrogen-bond acceptors (Lipinski definition) is 10. The molecule has 2 N–H and O–H groups in total. The summed E-state index contributed by atoms with van der Waals surface area (Å²) in [7, 11) is 4.28. The van der Waals surface area contributed by atoms with Gasteiger partial charge in [0.25, 0.3) is 11.8 Å². The molecule has 8 rings (SSSR count). The van der Waals surface area contributed by atoms with Gasteiger partial charge in [-0.05, 0) is 87.7 Å². The number of halogens is 1. The van der Waals surface area contributed by atoms with Gasteiger partial charge in [-0.1, -0.05) is 30.3 Å². The molecule has 0 aromatic heterocycles. The summed E-state index contributed by atoms with van der Waals surface area (Å²) in [6.07, 6.45) is 1.98. The van der Waals surface area contributed by atoms with Crippen molar-refractivity contribution in [2.75, 3.05) is 89.8 Å². The maximum atomic E-state index is 14.7. The summed E-state index contributed by atoms with van der Waals surface area (Å²) in [5.41, 5.74) is 5.07. The van der Waals surface area contributed by atoms with Gasteiger partial charge in [-0.3, -0.25) is 44.0 Å². The maximum Gasteiger partial charge on any atom is 0.264 e.